The average molecular weight is 273 g/mol. The highest BCUT2D eigenvalue weighted by Crippen LogP contribution is 2.13. The highest BCUT2D eigenvalue weighted by atomic mass is 127. The van der Waals surface area contributed by atoms with E-state index in [1.807, 2.05) is 17.4 Å². The number of rotatable bonds is 0. The predicted octanol–water partition coefficient (Wildman–Crippen LogP) is 1.95. The van der Waals surface area contributed by atoms with Crippen molar-refractivity contribution in [3.63, 3.8) is 0 Å². The van der Waals surface area contributed by atoms with E-state index in [-0.39, 0.29) is 0 Å². The van der Waals surface area contributed by atoms with Gasteiger partial charge in [-0.15, -0.1) is 10.2 Å². The van der Waals surface area contributed by atoms with Crippen LogP contribution < -0.4 is 0 Å². The lowest BCUT2D eigenvalue weighted by molar-refractivity contribution is 1.00. The van der Waals surface area contributed by atoms with Crippen LogP contribution in [-0.4, -0.2) is 14.6 Å². The highest BCUT2D eigenvalue weighted by molar-refractivity contribution is 14.1. The maximum Gasteiger partial charge on any atom is 0.161 e. The van der Waals surface area contributed by atoms with E-state index in [0.717, 1.165) is 11.5 Å². The molecule has 0 saturated carbocycles. The van der Waals surface area contributed by atoms with E-state index in [1.165, 1.54) is 9.13 Å². The first kappa shape index (κ1) is 7.97. The Morgan fingerprint density at radius 3 is 2.83 bits per heavy atom. The van der Waals surface area contributed by atoms with Gasteiger partial charge in [0.1, 0.15) is 5.82 Å². The Morgan fingerprint density at radius 2 is 2.08 bits per heavy atom. The van der Waals surface area contributed by atoms with E-state index in [0.29, 0.717) is 0 Å². The molecule has 2 aromatic rings. The van der Waals surface area contributed by atoms with E-state index < -0.39 is 0 Å². The zero-order chi connectivity index (χ0) is 8.72. The van der Waals surface area contributed by atoms with Crippen molar-refractivity contribution in [2.75, 3.05) is 0 Å². The fourth-order valence-electron chi connectivity index (χ4n) is 1.12. The molecule has 0 amide bonds. The molecule has 0 unspecified atom stereocenters. The van der Waals surface area contributed by atoms with Crippen LogP contribution >= 0.6 is 22.6 Å². The Balaban J connectivity index is 2.87. The van der Waals surface area contributed by atoms with Crippen molar-refractivity contribution in [3.05, 3.63) is 27.2 Å². The minimum Gasteiger partial charge on any atom is -0.286 e. The maximum atomic E-state index is 4.03. The molecule has 0 N–H and O–H groups in total. The van der Waals surface area contributed by atoms with Crippen molar-refractivity contribution >= 4 is 28.2 Å². The van der Waals surface area contributed by atoms with Crippen LogP contribution in [0.15, 0.2) is 12.3 Å². The van der Waals surface area contributed by atoms with Crippen LogP contribution in [0.2, 0.25) is 0 Å². The van der Waals surface area contributed by atoms with Gasteiger partial charge in [0.05, 0.1) is 0 Å². The fraction of sp³-hybridized carbons (Fsp3) is 0.250. The second-order valence-corrected chi connectivity index (χ2v) is 3.94. The molecular formula is C8H8IN3. The van der Waals surface area contributed by atoms with Gasteiger partial charge < -0.3 is 0 Å². The molecule has 0 aliphatic heterocycles. The maximum absolute atomic E-state index is 4.03. The Bertz CT molecular complexity index is 433. The normalized spacial score (nSPS) is 10.9. The van der Waals surface area contributed by atoms with Gasteiger partial charge in [-0.05, 0) is 48.1 Å². The number of aryl methyl sites for hydroxylation is 2. The van der Waals surface area contributed by atoms with Gasteiger partial charge in [-0.2, -0.15) is 0 Å². The molecule has 0 fully saturated rings. The van der Waals surface area contributed by atoms with Gasteiger partial charge in [0, 0.05) is 9.77 Å². The van der Waals surface area contributed by atoms with Crippen molar-refractivity contribution in [3.8, 4) is 0 Å². The average Bonchev–Trinajstić information content (AvgIpc) is 2.35. The van der Waals surface area contributed by atoms with Crippen molar-refractivity contribution in [2.24, 2.45) is 0 Å². The number of hydrogen-bond acceptors (Lipinski definition) is 2. The van der Waals surface area contributed by atoms with Crippen molar-refractivity contribution in [2.45, 2.75) is 13.8 Å². The van der Waals surface area contributed by atoms with Crippen LogP contribution in [0.5, 0.6) is 0 Å². The molecular weight excluding hydrogens is 265 g/mol. The molecule has 4 heteroatoms. The molecule has 0 aliphatic carbocycles. The number of pyridine rings is 1. The molecule has 0 bridgehead atoms. The first-order valence-electron chi connectivity index (χ1n) is 3.66. The summed E-state index contributed by atoms with van der Waals surface area (Å²) in [5.41, 5.74) is 2.17. The van der Waals surface area contributed by atoms with Gasteiger partial charge in [0.2, 0.25) is 0 Å². The lowest BCUT2D eigenvalue weighted by Crippen LogP contribution is -1.91. The van der Waals surface area contributed by atoms with Crippen LogP contribution in [-0.2, 0) is 0 Å². The number of fused-ring (bicyclic) bond motifs is 1. The van der Waals surface area contributed by atoms with Gasteiger partial charge in [-0.25, -0.2) is 0 Å². The van der Waals surface area contributed by atoms with Crippen LogP contribution in [0.4, 0.5) is 0 Å². The molecule has 12 heavy (non-hydrogen) atoms. The largest absolute Gasteiger partial charge is 0.286 e. The predicted molar refractivity (Wildman–Crippen MR) is 55.2 cm³/mol. The topological polar surface area (TPSA) is 30.2 Å². The Morgan fingerprint density at radius 1 is 1.33 bits per heavy atom. The second-order valence-electron chi connectivity index (χ2n) is 2.78. The summed E-state index contributed by atoms with van der Waals surface area (Å²) in [6, 6.07) is 2.04. The van der Waals surface area contributed by atoms with E-state index in [2.05, 4.69) is 45.9 Å². The molecule has 3 nitrogen and oxygen atoms in total. The van der Waals surface area contributed by atoms with E-state index in [4.69, 9.17) is 0 Å². The van der Waals surface area contributed by atoms with Crippen LogP contribution in [0.25, 0.3) is 5.65 Å². The molecule has 62 valence electrons. The third-order valence-electron chi connectivity index (χ3n) is 1.86. The van der Waals surface area contributed by atoms with Gasteiger partial charge >= 0.3 is 0 Å². The SMILES string of the molecule is Cc1cc2nnc(C)n2cc1I. The number of nitrogens with zero attached hydrogens (tertiary/aromatic N) is 3. The summed E-state index contributed by atoms with van der Waals surface area (Å²) >= 11 is 2.31. The highest BCUT2D eigenvalue weighted by Gasteiger charge is 2.02. The summed E-state index contributed by atoms with van der Waals surface area (Å²) in [5, 5.41) is 8.02. The molecule has 0 atom stereocenters. The Labute approximate surface area is 83.9 Å². The van der Waals surface area contributed by atoms with Crippen molar-refractivity contribution < 1.29 is 0 Å². The van der Waals surface area contributed by atoms with Crippen LogP contribution in [0.3, 0.4) is 0 Å². The summed E-state index contributed by atoms with van der Waals surface area (Å²) < 4.78 is 3.23. The van der Waals surface area contributed by atoms with Crippen molar-refractivity contribution in [1.29, 1.82) is 0 Å². The Hall–Kier alpha value is -0.650. The molecule has 0 aliphatic rings. The summed E-state index contributed by atoms with van der Waals surface area (Å²) in [7, 11) is 0. The fourth-order valence-corrected chi connectivity index (χ4v) is 1.56. The zero-order valence-corrected chi connectivity index (χ0v) is 9.03. The second kappa shape index (κ2) is 2.69. The summed E-state index contributed by atoms with van der Waals surface area (Å²) in [6.45, 7) is 4.03. The summed E-state index contributed by atoms with van der Waals surface area (Å²) in [5.74, 6) is 0.933. The van der Waals surface area contributed by atoms with Gasteiger partial charge in [0.25, 0.3) is 0 Å². The van der Waals surface area contributed by atoms with Gasteiger partial charge in [-0.1, -0.05) is 0 Å². The zero-order valence-electron chi connectivity index (χ0n) is 6.87. The summed E-state index contributed by atoms with van der Waals surface area (Å²) in [4.78, 5) is 0. The molecule has 0 aromatic carbocycles. The molecule has 2 aromatic heterocycles. The molecule has 2 rings (SSSR count). The van der Waals surface area contributed by atoms with Crippen LogP contribution in [0, 0.1) is 17.4 Å². The number of hydrogen-bond donors (Lipinski definition) is 0. The smallest absolute Gasteiger partial charge is 0.161 e. The van der Waals surface area contributed by atoms with Crippen molar-refractivity contribution in [1.82, 2.24) is 14.6 Å². The first-order chi connectivity index (χ1) is 5.68. The quantitative estimate of drug-likeness (QED) is 0.687. The van der Waals surface area contributed by atoms with E-state index in [1.54, 1.807) is 0 Å². The standard InChI is InChI=1S/C8H8IN3/c1-5-3-8-11-10-6(2)12(8)4-7(5)9/h3-4H,1-2H3. The minimum absolute atomic E-state index is 0.922. The lowest BCUT2D eigenvalue weighted by atomic mass is 10.3. The Kier molecular flexibility index (Phi) is 1.79. The third-order valence-corrected chi connectivity index (χ3v) is 2.99. The molecule has 0 saturated heterocycles. The van der Waals surface area contributed by atoms with E-state index in [9.17, 15) is 0 Å². The van der Waals surface area contributed by atoms with Gasteiger partial charge in [0.15, 0.2) is 5.65 Å². The number of aromatic nitrogens is 3. The molecule has 2 heterocycles. The number of halogens is 1. The molecule has 0 spiro atoms. The lowest BCUT2D eigenvalue weighted by Gasteiger charge is -1.99. The molecule has 0 radical (unpaired) electrons. The van der Waals surface area contributed by atoms with E-state index >= 15 is 0 Å². The first-order valence-corrected chi connectivity index (χ1v) is 4.74. The monoisotopic (exact) mass is 273 g/mol. The minimum atomic E-state index is 0.922. The third kappa shape index (κ3) is 1.10. The van der Waals surface area contributed by atoms with Gasteiger partial charge in [-0.3, -0.25) is 4.40 Å². The summed E-state index contributed by atoms with van der Waals surface area (Å²) in [6.07, 6.45) is 2.06. The van der Waals surface area contributed by atoms with Crippen LogP contribution in [0.1, 0.15) is 11.4 Å².